The summed E-state index contributed by atoms with van der Waals surface area (Å²) in [6, 6.07) is 4.26. The van der Waals surface area contributed by atoms with E-state index in [1.54, 1.807) is 0 Å². The average molecular weight is 265 g/mol. The summed E-state index contributed by atoms with van der Waals surface area (Å²) in [5.74, 6) is 1.38. The van der Waals surface area contributed by atoms with Crippen molar-refractivity contribution in [3.05, 3.63) is 12.1 Å². The van der Waals surface area contributed by atoms with Crippen LogP contribution in [0, 0.1) is 0 Å². The number of nitrogens with two attached hydrogens (primary N) is 1. The maximum absolute atomic E-state index is 5.83. The molecule has 0 aliphatic carbocycles. The number of hydrogen-bond donors (Lipinski definition) is 2. The van der Waals surface area contributed by atoms with Crippen LogP contribution in [0.1, 0.15) is 52.9 Å². The summed E-state index contributed by atoms with van der Waals surface area (Å²) in [7, 11) is 0. The first-order valence-electron chi connectivity index (χ1n) is 7.37. The number of anilines is 2. The van der Waals surface area contributed by atoms with Gasteiger partial charge in [0.2, 0.25) is 5.88 Å². The number of nitrogens with zero attached hydrogens (tertiary/aromatic N) is 1. The third kappa shape index (κ3) is 5.37. The minimum Gasteiger partial charge on any atom is -0.476 e. The summed E-state index contributed by atoms with van der Waals surface area (Å²) in [5, 5.41) is 3.49. The van der Waals surface area contributed by atoms with Gasteiger partial charge in [0.25, 0.3) is 0 Å². The molecule has 0 aliphatic rings. The molecule has 0 saturated carbocycles. The van der Waals surface area contributed by atoms with Gasteiger partial charge in [-0.25, -0.2) is 0 Å². The lowest BCUT2D eigenvalue weighted by molar-refractivity contribution is 0.329. The Morgan fingerprint density at radius 1 is 1.21 bits per heavy atom. The van der Waals surface area contributed by atoms with Gasteiger partial charge in [-0.15, -0.1) is 0 Å². The average Bonchev–Trinajstić information content (AvgIpc) is 2.40. The van der Waals surface area contributed by atoms with Crippen LogP contribution in [0.2, 0.25) is 0 Å². The Hall–Kier alpha value is -1.45. The number of nitrogen functional groups attached to an aromatic ring is 1. The third-order valence-electron chi connectivity index (χ3n) is 3.07. The number of aromatic nitrogens is 1. The van der Waals surface area contributed by atoms with Crippen molar-refractivity contribution < 1.29 is 4.74 Å². The van der Waals surface area contributed by atoms with E-state index < -0.39 is 0 Å². The van der Waals surface area contributed by atoms with Gasteiger partial charge >= 0.3 is 0 Å². The van der Waals surface area contributed by atoms with Crippen LogP contribution in [-0.4, -0.2) is 17.6 Å². The maximum atomic E-state index is 5.83. The van der Waals surface area contributed by atoms with Crippen molar-refractivity contribution in [3.63, 3.8) is 0 Å². The van der Waals surface area contributed by atoms with Crippen LogP contribution in [0.3, 0.4) is 0 Å². The largest absolute Gasteiger partial charge is 0.476 e. The zero-order valence-electron chi connectivity index (χ0n) is 12.4. The van der Waals surface area contributed by atoms with Crippen LogP contribution in [-0.2, 0) is 0 Å². The monoisotopic (exact) mass is 265 g/mol. The zero-order valence-corrected chi connectivity index (χ0v) is 12.4. The highest BCUT2D eigenvalue weighted by Crippen LogP contribution is 2.22. The highest BCUT2D eigenvalue weighted by atomic mass is 16.5. The fourth-order valence-electron chi connectivity index (χ4n) is 2.08. The van der Waals surface area contributed by atoms with Gasteiger partial charge in [-0.3, -0.25) is 0 Å². The van der Waals surface area contributed by atoms with Crippen molar-refractivity contribution >= 4 is 11.5 Å². The number of unbranched alkanes of at least 4 members (excludes halogenated alkanes) is 1. The van der Waals surface area contributed by atoms with Gasteiger partial charge < -0.3 is 15.8 Å². The van der Waals surface area contributed by atoms with Crippen molar-refractivity contribution in [1.29, 1.82) is 0 Å². The second kappa shape index (κ2) is 8.62. The predicted molar refractivity (Wildman–Crippen MR) is 81.7 cm³/mol. The van der Waals surface area contributed by atoms with E-state index in [1.807, 2.05) is 19.1 Å². The molecule has 108 valence electrons. The minimum atomic E-state index is 0.482. The van der Waals surface area contributed by atoms with Gasteiger partial charge in [0.05, 0.1) is 12.3 Å². The Morgan fingerprint density at radius 3 is 2.63 bits per heavy atom. The normalized spacial score (nSPS) is 12.2. The van der Waals surface area contributed by atoms with Gasteiger partial charge in [0.1, 0.15) is 5.82 Å². The molecule has 1 rings (SSSR count). The molecular formula is C15H27N3O. The molecule has 1 aromatic heterocycles. The molecular weight excluding hydrogens is 238 g/mol. The fourth-order valence-corrected chi connectivity index (χ4v) is 2.08. The topological polar surface area (TPSA) is 60.2 Å². The number of rotatable bonds is 9. The molecule has 0 bridgehead atoms. The lowest BCUT2D eigenvalue weighted by Crippen LogP contribution is -2.20. The predicted octanol–water partition coefficient (Wildman–Crippen LogP) is 3.83. The van der Waals surface area contributed by atoms with Gasteiger partial charge in [-0.2, -0.15) is 4.98 Å². The molecule has 1 atom stereocenters. The Labute approximate surface area is 116 Å². The molecule has 0 fully saturated rings. The van der Waals surface area contributed by atoms with E-state index >= 15 is 0 Å². The van der Waals surface area contributed by atoms with Crippen molar-refractivity contribution in [2.75, 3.05) is 17.7 Å². The molecule has 19 heavy (non-hydrogen) atoms. The highest BCUT2D eigenvalue weighted by Gasteiger charge is 2.09. The van der Waals surface area contributed by atoms with E-state index in [2.05, 4.69) is 24.1 Å². The highest BCUT2D eigenvalue weighted by molar-refractivity contribution is 5.53. The first kappa shape index (κ1) is 15.6. The van der Waals surface area contributed by atoms with Crippen LogP contribution in [0.5, 0.6) is 5.88 Å². The first-order valence-corrected chi connectivity index (χ1v) is 7.37. The molecule has 0 aliphatic heterocycles. The van der Waals surface area contributed by atoms with Crippen LogP contribution in [0.15, 0.2) is 12.1 Å². The number of hydrogen-bond acceptors (Lipinski definition) is 4. The molecule has 4 heteroatoms. The summed E-state index contributed by atoms with van der Waals surface area (Å²) in [6.07, 6.45) is 5.98. The van der Waals surface area contributed by atoms with Crippen LogP contribution < -0.4 is 15.8 Å². The van der Waals surface area contributed by atoms with E-state index in [-0.39, 0.29) is 0 Å². The van der Waals surface area contributed by atoms with E-state index in [0.717, 1.165) is 12.2 Å². The number of ether oxygens (including phenoxy) is 1. The van der Waals surface area contributed by atoms with Crippen molar-refractivity contribution in [1.82, 2.24) is 4.98 Å². The quantitative estimate of drug-likeness (QED) is 0.712. The molecule has 0 radical (unpaired) electrons. The van der Waals surface area contributed by atoms with Crippen LogP contribution in [0.25, 0.3) is 0 Å². The number of nitrogens with one attached hydrogen (secondary N) is 1. The van der Waals surface area contributed by atoms with Crippen molar-refractivity contribution in [2.24, 2.45) is 0 Å². The summed E-state index contributed by atoms with van der Waals surface area (Å²) in [6.45, 7) is 6.94. The summed E-state index contributed by atoms with van der Waals surface area (Å²) in [4.78, 5) is 4.43. The van der Waals surface area contributed by atoms with Gasteiger partial charge in [-0.1, -0.05) is 33.1 Å². The Balaban J connectivity index is 2.69. The van der Waals surface area contributed by atoms with Crippen LogP contribution in [0.4, 0.5) is 11.5 Å². The van der Waals surface area contributed by atoms with Crippen molar-refractivity contribution in [2.45, 2.75) is 58.9 Å². The second-order valence-electron chi connectivity index (χ2n) is 4.80. The zero-order chi connectivity index (χ0) is 14.1. The summed E-state index contributed by atoms with van der Waals surface area (Å²) in [5.41, 5.74) is 6.42. The Bertz CT molecular complexity index is 368. The first-order chi connectivity index (χ1) is 9.21. The third-order valence-corrected chi connectivity index (χ3v) is 3.07. The minimum absolute atomic E-state index is 0.482. The second-order valence-corrected chi connectivity index (χ2v) is 4.80. The molecule has 1 aromatic rings. The van der Waals surface area contributed by atoms with Gasteiger partial charge in [-0.05, 0) is 31.9 Å². The molecule has 4 nitrogen and oxygen atoms in total. The molecule has 1 unspecified atom stereocenters. The molecule has 1 heterocycles. The standard InChI is InChI=1S/C15H27N3O/c1-4-7-9-12(8-5-2)17-14-11-10-13(16)15(18-14)19-6-3/h10-12H,4-9,16H2,1-3H3,(H,17,18). The molecule has 0 saturated heterocycles. The van der Waals surface area contributed by atoms with Crippen LogP contribution >= 0.6 is 0 Å². The maximum Gasteiger partial charge on any atom is 0.239 e. The molecule has 0 spiro atoms. The summed E-state index contributed by atoms with van der Waals surface area (Å²) < 4.78 is 5.42. The van der Waals surface area contributed by atoms with Gasteiger partial charge in [0, 0.05) is 6.04 Å². The SMILES string of the molecule is CCCCC(CCC)Nc1ccc(N)c(OCC)n1. The van der Waals surface area contributed by atoms with E-state index in [0.29, 0.717) is 24.2 Å². The van der Waals surface area contributed by atoms with E-state index in [4.69, 9.17) is 10.5 Å². The number of pyridine rings is 1. The lowest BCUT2D eigenvalue weighted by atomic mass is 10.1. The Kier molecular flexibility index (Phi) is 7.08. The Morgan fingerprint density at radius 2 is 2.00 bits per heavy atom. The van der Waals surface area contributed by atoms with Gasteiger partial charge in [0.15, 0.2) is 0 Å². The van der Waals surface area contributed by atoms with E-state index in [9.17, 15) is 0 Å². The van der Waals surface area contributed by atoms with Crippen molar-refractivity contribution in [3.8, 4) is 5.88 Å². The van der Waals surface area contributed by atoms with E-state index in [1.165, 1.54) is 25.7 Å². The molecule has 0 amide bonds. The lowest BCUT2D eigenvalue weighted by Gasteiger charge is -2.19. The molecule has 3 N–H and O–H groups in total. The smallest absolute Gasteiger partial charge is 0.239 e. The molecule has 0 aromatic carbocycles. The fraction of sp³-hybridized carbons (Fsp3) is 0.667. The summed E-state index contributed by atoms with van der Waals surface area (Å²) >= 11 is 0.